The summed E-state index contributed by atoms with van der Waals surface area (Å²) in [6, 6.07) is 5.96. The first kappa shape index (κ1) is 19.0. The second kappa shape index (κ2) is 7.67. The Balaban J connectivity index is 2.07. The van der Waals surface area contributed by atoms with E-state index in [1.54, 1.807) is 4.90 Å². The Labute approximate surface area is 147 Å². The van der Waals surface area contributed by atoms with E-state index in [9.17, 15) is 18.0 Å². The van der Waals surface area contributed by atoms with Crippen molar-refractivity contribution < 1.29 is 18.0 Å². The predicted octanol–water partition coefficient (Wildman–Crippen LogP) is 1.47. The maximum atomic E-state index is 12.7. The molecule has 0 N–H and O–H groups in total. The van der Waals surface area contributed by atoms with Gasteiger partial charge in [-0.15, -0.1) is 0 Å². The minimum Gasteiger partial charge on any atom is -0.339 e. The molecule has 1 fully saturated rings. The lowest BCUT2D eigenvalue weighted by Gasteiger charge is -2.35. The van der Waals surface area contributed by atoms with Crippen LogP contribution in [-0.4, -0.2) is 67.0 Å². The van der Waals surface area contributed by atoms with Gasteiger partial charge in [0.2, 0.25) is 15.9 Å². The number of carbonyl (C=O) groups excluding carboxylic acids is 2. The maximum Gasteiger partial charge on any atom is 0.243 e. The van der Waals surface area contributed by atoms with Gasteiger partial charge in [-0.1, -0.05) is 12.1 Å². The fourth-order valence-corrected chi connectivity index (χ4v) is 4.29. The Hall–Kier alpha value is -1.38. The van der Waals surface area contributed by atoms with Gasteiger partial charge in [0.25, 0.3) is 0 Å². The number of Topliss-reactive ketones (excluding diaryl/α,β-unsaturated/α-hetero) is 1. The van der Waals surface area contributed by atoms with Crippen molar-refractivity contribution in [2.45, 2.75) is 24.0 Å². The SMILES string of the molecule is CSC(C)C(=O)N1CCN(S(=O)(=O)c2ccc(C(C)=O)cc2)CC1. The number of hydrogen-bond donors (Lipinski definition) is 0. The molecule has 24 heavy (non-hydrogen) atoms. The van der Waals surface area contributed by atoms with Gasteiger partial charge >= 0.3 is 0 Å². The third-order valence-electron chi connectivity index (χ3n) is 4.15. The van der Waals surface area contributed by atoms with Crippen LogP contribution in [0.4, 0.5) is 0 Å². The summed E-state index contributed by atoms with van der Waals surface area (Å²) in [7, 11) is -3.60. The molecule has 0 saturated carbocycles. The highest BCUT2D eigenvalue weighted by atomic mass is 32.2. The first-order chi connectivity index (χ1) is 11.3. The molecule has 1 heterocycles. The monoisotopic (exact) mass is 370 g/mol. The standard InChI is InChI=1S/C16H22N2O4S2/c1-12(19)14-4-6-15(7-5-14)24(21,22)18-10-8-17(9-11-18)16(20)13(2)23-3/h4-7,13H,8-11H2,1-3H3. The lowest BCUT2D eigenvalue weighted by atomic mass is 10.2. The summed E-state index contributed by atoms with van der Waals surface area (Å²) in [6.07, 6.45) is 1.88. The molecule has 1 atom stereocenters. The zero-order valence-electron chi connectivity index (χ0n) is 14.1. The summed E-state index contributed by atoms with van der Waals surface area (Å²) in [6.45, 7) is 4.65. The highest BCUT2D eigenvalue weighted by Gasteiger charge is 2.31. The summed E-state index contributed by atoms with van der Waals surface area (Å²) in [4.78, 5) is 25.3. The van der Waals surface area contributed by atoms with Gasteiger partial charge in [0, 0.05) is 31.7 Å². The van der Waals surface area contributed by atoms with E-state index < -0.39 is 10.0 Å². The highest BCUT2D eigenvalue weighted by molar-refractivity contribution is 7.99. The Morgan fingerprint density at radius 2 is 1.62 bits per heavy atom. The van der Waals surface area contributed by atoms with E-state index in [2.05, 4.69) is 0 Å². The largest absolute Gasteiger partial charge is 0.339 e. The molecule has 0 aromatic heterocycles. The normalized spacial score (nSPS) is 17.5. The van der Waals surface area contributed by atoms with Crippen LogP contribution in [0.25, 0.3) is 0 Å². The molecular weight excluding hydrogens is 348 g/mol. The van der Waals surface area contributed by atoms with Crippen molar-refractivity contribution in [2.75, 3.05) is 32.4 Å². The molecule has 1 aliphatic heterocycles. The van der Waals surface area contributed by atoms with Crippen LogP contribution in [0.5, 0.6) is 0 Å². The van der Waals surface area contributed by atoms with Crippen molar-refractivity contribution in [2.24, 2.45) is 0 Å². The fraction of sp³-hybridized carbons (Fsp3) is 0.500. The van der Waals surface area contributed by atoms with Crippen LogP contribution in [0.2, 0.25) is 0 Å². The fourth-order valence-electron chi connectivity index (χ4n) is 2.52. The van der Waals surface area contributed by atoms with Gasteiger partial charge in [0.05, 0.1) is 10.1 Å². The zero-order chi connectivity index (χ0) is 17.9. The molecule has 6 nitrogen and oxygen atoms in total. The van der Waals surface area contributed by atoms with Gasteiger partial charge in [-0.25, -0.2) is 8.42 Å². The number of amides is 1. The zero-order valence-corrected chi connectivity index (χ0v) is 15.7. The first-order valence-electron chi connectivity index (χ1n) is 7.70. The van der Waals surface area contributed by atoms with Crippen molar-refractivity contribution in [3.63, 3.8) is 0 Å². The summed E-state index contributed by atoms with van der Waals surface area (Å²) >= 11 is 1.48. The van der Waals surface area contributed by atoms with Crippen LogP contribution in [0.3, 0.4) is 0 Å². The summed E-state index contributed by atoms with van der Waals surface area (Å²) < 4.78 is 26.7. The molecule has 8 heteroatoms. The van der Waals surface area contributed by atoms with Crippen LogP contribution in [0, 0.1) is 0 Å². The molecule has 1 saturated heterocycles. The third-order valence-corrected chi connectivity index (χ3v) is 6.97. The van der Waals surface area contributed by atoms with Gasteiger partial charge in [0.1, 0.15) is 0 Å². The summed E-state index contributed by atoms with van der Waals surface area (Å²) in [5.74, 6) is -0.0562. The Morgan fingerprint density at radius 1 is 1.08 bits per heavy atom. The number of thioether (sulfide) groups is 1. The number of ketones is 1. The number of carbonyl (C=O) groups is 2. The van der Waals surface area contributed by atoms with Crippen molar-refractivity contribution in [1.29, 1.82) is 0 Å². The second-order valence-corrected chi connectivity index (χ2v) is 8.80. The average Bonchev–Trinajstić information content (AvgIpc) is 2.60. The Morgan fingerprint density at radius 3 is 2.08 bits per heavy atom. The topological polar surface area (TPSA) is 74.8 Å². The molecule has 2 rings (SSSR count). The Bertz CT molecular complexity index is 708. The van der Waals surface area contributed by atoms with E-state index in [-0.39, 0.29) is 34.9 Å². The molecule has 1 aromatic rings. The van der Waals surface area contributed by atoms with Crippen molar-refractivity contribution in [3.8, 4) is 0 Å². The van der Waals surface area contributed by atoms with E-state index in [4.69, 9.17) is 0 Å². The van der Waals surface area contributed by atoms with Gasteiger partial charge < -0.3 is 4.90 Å². The number of rotatable bonds is 5. The molecule has 0 aliphatic carbocycles. The first-order valence-corrected chi connectivity index (χ1v) is 10.4. The quantitative estimate of drug-likeness (QED) is 0.734. The van der Waals surface area contributed by atoms with Gasteiger partial charge in [-0.05, 0) is 32.2 Å². The van der Waals surface area contributed by atoms with Crippen molar-refractivity contribution >= 4 is 33.5 Å². The molecule has 132 valence electrons. The van der Waals surface area contributed by atoms with Gasteiger partial charge in [-0.2, -0.15) is 16.1 Å². The number of sulfonamides is 1. The van der Waals surface area contributed by atoms with E-state index in [1.165, 1.54) is 47.3 Å². The van der Waals surface area contributed by atoms with E-state index >= 15 is 0 Å². The molecular formula is C16H22N2O4S2. The predicted molar refractivity (Wildman–Crippen MR) is 94.8 cm³/mol. The number of hydrogen-bond acceptors (Lipinski definition) is 5. The smallest absolute Gasteiger partial charge is 0.243 e. The number of benzene rings is 1. The van der Waals surface area contributed by atoms with Crippen LogP contribution in [0.1, 0.15) is 24.2 Å². The van der Waals surface area contributed by atoms with Gasteiger partial charge in [-0.3, -0.25) is 9.59 Å². The van der Waals surface area contributed by atoms with Crippen LogP contribution in [0.15, 0.2) is 29.2 Å². The molecule has 0 spiro atoms. The molecule has 0 radical (unpaired) electrons. The molecule has 1 aromatic carbocycles. The van der Waals surface area contributed by atoms with Crippen LogP contribution < -0.4 is 0 Å². The third kappa shape index (κ3) is 3.99. The molecule has 1 aliphatic rings. The highest BCUT2D eigenvalue weighted by Crippen LogP contribution is 2.19. The van der Waals surface area contributed by atoms with Crippen LogP contribution >= 0.6 is 11.8 Å². The lowest BCUT2D eigenvalue weighted by molar-refractivity contribution is -0.131. The van der Waals surface area contributed by atoms with E-state index in [1.807, 2.05) is 13.2 Å². The minimum absolute atomic E-state index is 0.0466. The maximum absolute atomic E-state index is 12.7. The lowest BCUT2D eigenvalue weighted by Crippen LogP contribution is -2.52. The molecule has 1 unspecified atom stereocenters. The minimum atomic E-state index is -3.60. The van der Waals surface area contributed by atoms with Crippen molar-refractivity contribution in [1.82, 2.24) is 9.21 Å². The second-order valence-electron chi connectivity index (χ2n) is 5.69. The van der Waals surface area contributed by atoms with E-state index in [0.717, 1.165) is 0 Å². The van der Waals surface area contributed by atoms with Gasteiger partial charge in [0.15, 0.2) is 5.78 Å². The van der Waals surface area contributed by atoms with E-state index in [0.29, 0.717) is 18.7 Å². The molecule has 1 amide bonds. The summed E-state index contributed by atoms with van der Waals surface area (Å²) in [5.41, 5.74) is 0.482. The summed E-state index contributed by atoms with van der Waals surface area (Å²) in [5, 5.41) is -0.118. The molecule has 0 bridgehead atoms. The number of nitrogens with zero attached hydrogens (tertiary/aromatic N) is 2. The average molecular weight is 370 g/mol. The number of piperazine rings is 1. The Kier molecular flexibility index (Phi) is 6.06. The van der Waals surface area contributed by atoms with Crippen molar-refractivity contribution in [3.05, 3.63) is 29.8 Å². The van der Waals surface area contributed by atoms with Crippen LogP contribution in [-0.2, 0) is 14.8 Å².